The number of likely N-dealkylation sites (tertiary alicyclic amines) is 2. The first kappa shape index (κ1) is 21.2. The van der Waals surface area contributed by atoms with Gasteiger partial charge in [0.2, 0.25) is 5.91 Å². The highest BCUT2D eigenvalue weighted by Crippen LogP contribution is 2.36. The SMILES string of the molecule is CN1C(=O)CCCC12CCCN(Cc1cnn(C)c1)C2.O=C(O)C(F)(F)F. The van der Waals surface area contributed by atoms with Gasteiger partial charge >= 0.3 is 12.1 Å². The smallest absolute Gasteiger partial charge is 0.475 e. The quantitative estimate of drug-likeness (QED) is 0.836. The molecule has 2 fully saturated rings. The highest BCUT2D eigenvalue weighted by atomic mass is 19.4. The van der Waals surface area contributed by atoms with Gasteiger partial charge in [-0.15, -0.1) is 0 Å². The van der Waals surface area contributed by atoms with Crippen LogP contribution in [0.3, 0.4) is 0 Å². The van der Waals surface area contributed by atoms with Crippen molar-refractivity contribution in [3.8, 4) is 0 Å². The summed E-state index contributed by atoms with van der Waals surface area (Å²) in [7, 11) is 3.95. The number of alkyl halides is 3. The number of carbonyl (C=O) groups is 2. The van der Waals surface area contributed by atoms with Crippen LogP contribution in [-0.4, -0.2) is 68.4 Å². The second-order valence-corrected chi connectivity index (χ2v) is 7.17. The van der Waals surface area contributed by atoms with Gasteiger partial charge < -0.3 is 10.0 Å². The number of aryl methyl sites for hydroxylation is 1. The van der Waals surface area contributed by atoms with Crippen molar-refractivity contribution in [3.05, 3.63) is 18.0 Å². The van der Waals surface area contributed by atoms with E-state index in [-0.39, 0.29) is 5.54 Å². The van der Waals surface area contributed by atoms with E-state index >= 15 is 0 Å². The van der Waals surface area contributed by atoms with E-state index in [1.165, 1.54) is 12.0 Å². The lowest BCUT2D eigenvalue weighted by atomic mass is 9.80. The van der Waals surface area contributed by atoms with E-state index in [1.807, 2.05) is 29.9 Å². The topological polar surface area (TPSA) is 78.7 Å². The Morgan fingerprint density at radius 3 is 2.48 bits per heavy atom. The summed E-state index contributed by atoms with van der Waals surface area (Å²) in [6.07, 6.45) is 4.19. The molecule has 1 spiro atoms. The first-order valence-electron chi connectivity index (χ1n) is 8.80. The minimum atomic E-state index is -5.08. The van der Waals surface area contributed by atoms with Crippen LogP contribution in [0.15, 0.2) is 12.4 Å². The van der Waals surface area contributed by atoms with Crippen molar-refractivity contribution in [1.82, 2.24) is 19.6 Å². The number of nitrogens with zero attached hydrogens (tertiary/aromatic N) is 4. The number of aliphatic carboxylic acids is 1. The van der Waals surface area contributed by atoms with Crippen molar-refractivity contribution in [1.29, 1.82) is 0 Å². The molecular formula is C17H25F3N4O3. The number of likely N-dealkylation sites (N-methyl/N-ethyl adjacent to an activating group) is 1. The summed E-state index contributed by atoms with van der Waals surface area (Å²) in [4.78, 5) is 25.4. The summed E-state index contributed by atoms with van der Waals surface area (Å²) in [5, 5.41) is 11.4. The molecule has 0 bridgehead atoms. The molecule has 0 aliphatic carbocycles. The van der Waals surface area contributed by atoms with E-state index in [4.69, 9.17) is 9.90 Å². The highest BCUT2D eigenvalue weighted by Gasteiger charge is 2.43. The number of carboxylic acid groups (broad SMARTS) is 1. The third-order valence-electron chi connectivity index (χ3n) is 5.16. The number of amides is 1. The molecular weight excluding hydrogens is 365 g/mol. The van der Waals surface area contributed by atoms with Crippen LogP contribution in [0.25, 0.3) is 0 Å². The van der Waals surface area contributed by atoms with E-state index in [0.717, 1.165) is 45.3 Å². The van der Waals surface area contributed by atoms with Crippen LogP contribution < -0.4 is 0 Å². The van der Waals surface area contributed by atoms with E-state index in [1.54, 1.807) is 0 Å². The normalized spacial score (nSPS) is 23.9. The monoisotopic (exact) mass is 390 g/mol. The molecule has 2 aliphatic heterocycles. The molecule has 7 nitrogen and oxygen atoms in total. The van der Waals surface area contributed by atoms with Gasteiger partial charge in [-0.2, -0.15) is 18.3 Å². The van der Waals surface area contributed by atoms with Gasteiger partial charge in [0.1, 0.15) is 0 Å². The lowest BCUT2D eigenvalue weighted by molar-refractivity contribution is -0.192. The Labute approximate surface area is 155 Å². The summed E-state index contributed by atoms with van der Waals surface area (Å²) in [6.45, 7) is 3.07. The molecule has 1 aromatic heterocycles. The minimum absolute atomic E-state index is 0.0792. The molecule has 0 radical (unpaired) electrons. The van der Waals surface area contributed by atoms with E-state index in [2.05, 4.69) is 16.2 Å². The Hall–Kier alpha value is -2.10. The van der Waals surface area contributed by atoms with Crippen LogP contribution in [0.5, 0.6) is 0 Å². The zero-order valence-corrected chi connectivity index (χ0v) is 15.5. The molecule has 1 unspecified atom stereocenters. The molecule has 0 aromatic carbocycles. The second kappa shape index (κ2) is 8.28. The molecule has 2 saturated heterocycles. The molecule has 2 aliphatic rings. The Balaban J connectivity index is 0.000000321. The maximum Gasteiger partial charge on any atom is 0.490 e. The second-order valence-electron chi connectivity index (χ2n) is 7.17. The highest BCUT2D eigenvalue weighted by molar-refractivity contribution is 5.77. The van der Waals surface area contributed by atoms with Gasteiger partial charge in [-0.05, 0) is 32.2 Å². The average molecular weight is 390 g/mol. The number of carbonyl (C=O) groups excluding carboxylic acids is 1. The standard InChI is InChI=1S/C15H24N4O.C2HF3O2/c1-17-10-13(9-16-17)11-19-8-4-7-15(12-19)6-3-5-14(20)18(15)2;3-2(4,5)1(6)7/h9-10H,3-8,11-12H2,1-2H3;(H,6,7). The molecule has 3 heterocycles. The van der Waals surface area contributed by atoms with E-state index in [0.29, 0.717) is 5.91 Å². The fourth-order valence-corrected chi connectivity index (χ4v) is 3.80. The van der Waals surface area contributed by atoms with Crippen molar-refractivity contribution in [2.75, 3.05) is 20.1 Å². The lowest BCUT2D eigenvalue weighted by Gasteiger charge is -2.50. The van der Waals surface area contributed by atoms with Crippen LogP contribution in [0.4, 0.5) is 13.2 Å². The zero-order chi connectivity index (χ0) is 20.2. The lowest BCUT2D eigenvalue weighted by Crippen LogP contribution is -2.60. The number of hydrogen-bond donors (Lipinski definition) is 1. The molecule has 1 amide bonds. The van der Waals surface area contributed by atoms with Gasteiger partial charge in [-0.3, -0.25) is 14.4 Å². The molecule has 152 valence electrons. The molecule has 3 rings (SSSR count). The summed E-state index contributed by atoms with van der Waals surface area (Å²) >= 11 is 0. The van der Waals surface area contributed by atoms with Crippen LogP contribution in [0.2, 0.25) is 0 Å². The van der Waals surface area contributed by atoms with Gasteiger partial charge in [-0.1, -0.05) is 0 Å². The predicted octanol–water partition coefficient (Wildman–Crippen LogP) is 2.03. The Kier molecular flexibility index (Phi) is 6.50. The Morgan fingerprint density at radius 2 is 1.93 bits per heavy atom. The molecule has 27 heavy (non-hydrogen) atoms. The molecule has 10 heteroatoms. The molecule has 0 saturated carbocycles. The number of piperidine rings is 2. The Bertz CT molecular complexity index is 673. The number of rotatable bonds is 2. The minimum Gasteiger partial charge on any atom is -0.475 e. The summed E-state index contributed by atoms with van der Waals surface area (Å²) in [6, 6.07) is 0. The third-order valence-corrected chi connectivity index (χ3v) is 5.16. The summed E-state index contributed by atoms with van der Waals surface area (Å²) in [5.41, 5.74) is 1.34. The first-order valence-corrected chi connectivity index (χ1v) is 8.80. The third kappa shape index (κ3) is 5.44. The van der Waals surface area contributed by atoms with Gasteiger partial charge in [-0.25, -0.2) is 4.79 Å². The summed E-state index contributed by atoms with van der Waals surface area (Å²) < 4.78 is 33.6. The van der Waals surface area contributed by atoms with E-state index in [9.17, 15) is 18.0 Å². The van der Waals surface area contributed by atoms with Gasteiger partial charge in [0.05, 0.1) is 11.7 Å². The molecule has 1 aromatic rings. The van der Waals surface area contributed by atoms with Gasteiger partial charge in [0.25, 0.3) is 0 Å². The largest absolute Gasteiger partial charge is 0.490 e. The number of carboxylic acids is 1. The van der Waals surface area contributed by atoms with Crippen LogP contribution >= 0.6 is 0 Å². The predicted molar refractivity (Wildman–Crippen MR) is 90.8 cm³/mol. The van der Waals surface area contributed by atoms with Crippen molar-refractivity contribution >= 4 is 11.9 Å². The fraction of sp³-hybridized carbons (Fsp3) is 0.706. The average Bonchev–Trinajstić information content (AvgIpc) is 2.97. The van der Waals surface area contributed by atoms with Crippen molar-refractivity contribution in [2.24, 2.45) is 7.05 Å². The Morgan fingerprint density at radius 1 is 1.30 bits per heavy atom. The van der Waals surface area contributed by atoms with Crippen molar-refractivity contribution < 1.29 is 27.9 Å². The number of aromatic nitrogens is 2. The molecule has 1 atom stereocenters. The molecule has 1 N–H and O–H groups in total. The maximum atomic E-state index is 12.0. The number of hydrogen-bond acceptors (Lipinski definition) is 4. The zero-order valence-electron chi connectivity index (χ0n) is 15.5. The first-order chi connectivity index (χ1) is 12.5. The maximum absolute atomic E-state index is 12.0. The number of halogens is 3. The van der Waals surface area contributed by atoms with Crippen LogP contribution in [0.1, 0.15) is 37.7 Å². The fourth-order valence-electron chi connectivity index (χ4n) is 3.80. The van der Waals surface area contributed by atoms with Crippen LogP contribution in [0, 0.1) is 0 Å². The van der Waals surface area contributed by atoms with E-state index < -0.39 is 12.1 Å². The van der Waals surface area contributed by atoms with Crippen molar-refractivity contribution in [2.45, 2.75) is 50.4 Å². The van der Waals surface area contributed by atoms with Gasteiger partial charge in [0.15, 0.2) is 0 Å². The van der Waals surface area contributed by atoms with Gasteiger partial charge in [0, 0.05) is 45.4 Å². The van der Waals surface area contributed by atoms with Crippen molar-refractivity contribution in [3.63, 3.8) is 0 Å². The van der Waals surface area contributed by atoms with Crippen LogP contribution in [-0.2, 0) is 23.2 Å². The summed E-state index contributed by atoms with van der Waals surface area (Å²) in [5.74, 6) is -2.44.